The minimum Gasteiger partial charge on any atom is -0.490 e. The van der Waals surface area contributed by atoms with Gasteiger partial charge in [0, 0.05) is 29.7 Å². The van der Waals surface area contributed by atoms with E-state index in [1.807, 2.05) is 17.5 Å². The Hall–Kier alpha value is -1.21. The molecule has 2 aliphatic carbocycles. The molecule has 1 saturated carbocycles. The summed E-state index contributed by atoms with van der Waals surface area (Å²) in [5, 5.41) is 11.5. The van der Waals surface area contributed by atoms with Crippen LogP contribution < -0.4 is 4.74 Å². The number of aryl methyl sites for hydroxylation is 1. The Morgan fingerprint density at radius 1 is 1.25 bits per heavy atom. The summed E-state index contributed by atoms with van der Waals surface area (Å²) in [6, 6.07) is 2.07. The molecule has 0 radical (unpaired) electrons. The Bertz CT molecular complexity index is 915. The van der Waals surface area contributed by atoms with E-state index in [4.69, 9.17) is 9.47 Å². The monoisotopic (exact) mass is 458 g/mol. The van der Waals surface area contributed by atoms with Crippen molar-refractivity contribution in [1.82, 2.24) is 9.88 Å². The van der Waals surface area contributed by atoms with E-state index in [2.05, 4.69) is 29.8 Å². The van der Waals surface area contributed by atoms with Crippen LogP contribution in [-0.2, 0) is 11.2 Å². The van der Waals surface area contributed by atoms with Crippen molar-refractivity contribution in [3.8, 4) is 5.75 Å². The van der Waals surface area contributed by atoms with Crippen LogP contribution in [0.2, 0.25) is 0 Å². The minimum atomic E-state index is -0.220. The van der Waals surface area contributed by atoms with Crippen molar-refractivity contribution in [1.29, 1.82) is 0 Å². The van der Waals surface area contributed by atoms with Crippen LogP contribution in [0.25, 0.3) is 10.2 Å². The topological polar surface area (TPSA) is 54.8 Å². The molecular weight excluding hydrogens is 420 g/mol. The molecule has 6 heteroatoms. The third-order valence-electron chi connectivity index (χ3n) is 8.32. The lowest BCUT2D eigenvalue weighted by atomic mass is 9.77. The molecule has 2 aromatic rings. The van der Waals surface area contributed by atoms with Gasteiger partial charge < -0.3 is 14.6 Å². The first kappa shape index (κ1) is 22.6. The summed E-state index contributed by atoms with van der Waals surface area (Å²) in [4.78, 5) is 9.94. The van der Waals surface area contributed by atoms with E-state index in [0.717, 1.165) is 75.4 Å². The second kappa shape index (κ2) is 9.57. The van der Waals surface area contributed by atoms with E-state index >= 15 is 0 Å². The van der Waals surface area contributed by atoms with Crippen molar-refractivity contribution in [3.63, 3.8) is 0 Å². The zero-order valence-corrected chi connectivity index (χ0v) is 20.5. The maximum atomic E-state index is 10.3. The number of nitrogens with zero attached hydrogens (tertiary/aromatic N) is 2. The Morgan fingerprint density at radius 2 is 2.03 bits per heavy atom. The number of hydrogen-bond acceptors (Lipinski definition) is 6. The molecule has 0 unspecified atom stereocenters. The van der Waals surface area contributed by atoms with Gasteiger partial charge in [0.1, 0.15) is 10.6 Å². The summed E-state index contributed by atoms with van der Waals surface area (Å²) < 4.78 is 12.3. The van der Waals surface area contributed by atoms with Crippen LogP contribution in [0.15, 0.2) is 12.3 Å². The summed E-state index contributed by atoms with van der Waals surface area (Å²) in [5.74, 6) is 1.45. The van der Waals surface area contributed by atoms with E-state index in [0.29, 0.717) is 11.5 Å². The van der Waals surface area contributed by atoms with Crippen LogP contribution in [-0.4, -0.2) is 59.0 Å². The largest absolute Gasteiger partial charge is 0.490 e. The zero-order chi connectivity index (χ0) is 22.1. The predicted octanol–water partition coefficient (Wildman–Crippen LogP) is 5.29. The van der Waals surface area contributed by atoms with Crippen molar-refractivity contribution in [2.45, 2.75) is 95.3 Å². The van der Waals surface area contributed by atoms with E-state index in [1.54, 1.807) is 0 Å². The summed E-state index contributed by atoms with van der Waals surface area (Å²) in [7, 11) is 0. The fourth-order valence-corrected chi connectivity index (χ4v) is 7.57. The molecule has 0 amide bonds. The maximum Gasteiger partial charge on any atom is 0.131 e. The van der Waals surface area contributed by atoms with Gasteiger partial charge in [-0.2, -0.15) is 0 Å². The number of thiophene rings is 1. The van der Waals surface area contributed by atoms with Gasteiger partial charge in [-0.3, -0.25) is 4.90 Å². The average molecular weight is 459 g/mol. The van der Waals surface area contributed by atoms with Gasteiger partial charge in [0.25, 0.3) is 0 Å². The van der Waals surface area contributed by atoms with Crippen LogP contribution in [0.5, 0.6) is 5.75 Å². The molecule has 1 N–H and O–H groups in total. The van der Waals surface area contributed by atoms with E-state index < -0.39 is 0 Å². The Kier molecular flexibility index (Phi) is 6.75. The van der Waals surface area contributed by atoms with Crippen molar-refractivity contribution < 1.29 is 14.6 Å². The number of pyridine rings is 1. The lowest BCUT2D eigenvalue weighted by Gasteiger charge is -2.49. The summed E-state index contributed by atoms with van der Waals surface area (Å²) in [6.07, 6.45) is 11.7. The number of fused-ring (bicyclic) bond motifs is 3. The van der Waals surface area contributed by atoms with Crippen LogP contribution in [0.3, 0.4) is 0 Å². The predicted molar refractivity (Wildman–Crippen MR) is 130 cm³/mol. The SMILES string of the molecule is CC[C@H](O)C[C@H]1CCc2sc3nccc(OC4CCC(CC)(N5CCOCC5)CC4)c3c21. The summed E-state index contributed by atoms with van der Waals surface area (Å²) in [6.45, 7) is 8.29. The lowest BCUT2D eigenvalue weighted by Crippen LogP contribution is -2.55. The molecule has 3 aliphatic rings. The maximum absolute atomic E-state index is 10.3. The van der Waals surface area contributed by atoms with E-state index in [1.165, 1.54) is 35.1 Å². The Labute approximate surface area is 196 Å². The molecule has 1 saturated heterocycles. The van der Waals surface area contributed by atoms with E-state index in [-0.39, 0.29) is 12.2 Å². The number of ether oxygens (including phenoxy) is 2. The fraction of sp³-hybridized carbons (Fsp3) is 0.731. The highest BCUT2D eigenvalue weighted by Gasteiger charge is 2.40. The molecule has 5 nitrogen and oxygen atoms in total. The number of morpholine rings is 1. The summed E-state index contributed by atoms with van der Waals surface area (Å²) >= 11 is 1.83. The zero-order valence-electron chi connectivity index (χ0n) is 19.6. The molecule has 0 bridgehead atoms. The molecule has 2 atom stereocenters. The standard InChI is InChI=1S/C26H38N2O3S/c1-3-19(29)17-18-5-6-22-23(18)24-21(9-12-27-25(24)32-22)31-20-7-10-26(4-2,11-8-20)28-13-15-30-16-14-28/h9,12,18-20,29H,3-8,10-11,13-17H2,1-2H3/t18-,19+,20?,26?/m1/s1. The number of aliphatic hydroxyl groups excluding tert-OH is 1. The third-order valence-corrected chi connectivity index (χ3v) is 9.49. The quantitative estimate of drug-likeness (QED) is 0.611. The normalized spacial score (nSPS) is 29.8. The average Bonchev–Trinajstić information content (AvgIpc) is 3.40. The van der Waals surface area contributed by atoms with Crippen molar-refractivity contribution in [2.75, 3.05) is 26.3 Å². The van der Waals surface area contributed by atoms with Crippen molar-refractivity contribution in [3.05, 3.63) is 22.7 Å². The van der Waals surface area contributed by atoms with Gasteiger partial charge in [-0.15, -0.1) is 11.3 Å². The highest BCUT2D eigenvalue weighted by molar-refractivity contribution is 7.19. The molecule has 0 aromatic carbocycles. The smallest absolute Gasteiger partial charge is 0.131 e. The van der Waals surface area contributed by atoms with Gasteiger partial charge in [0.2, 0.25) is 0 Å². The Morgan fingerprint density at radius 3 is 2.75 bits per heavy atom. The molecule has 3 heterocycles. The second-order valence-electron chi connectivity index (χ2n) is 9.96. The van der Waals surface area contributed by atoms with E-state index in [9.17, 15) is 5.11 Å². The van der Waals surface area contributed by atoms with Gasteiger partial charge in [-0.1, -0.05) is 13.8 Å². The van der Waals surface area contributed by atoms with Crippen LogP contribution in [0.4, 0.5) is 0 Å². The number of aromatic nitrogens is 1. The molecule has 1 aliphatic heterocycles. The van der Waals surface area contributed by atoms with Gasteiger partial charge in [-0.05, 0) is 75.3 Å². The molecule has 2 aromatic heterocycles. The number of aliphatic hydroxyl groups is 1. The molecular formula is C26H38N2O3S. The van der Waals surface area contributed by atoms with Gasteiger partial charge in [0.05, 0.1) is 30.8 Å². The lowest BCUT2D eigenvalue weighted by molar-refractivity contribution is -0.0510. The van der Waals surface area contributed by atoms with Crippen LogP contribution >= 0.6 is 11.3 Å². The molecule has 32 heavy (non-hydrogen) atoms. The van der Waals surface area contributed by atoms with Gasteiger partial charge in [-0.25, -0.2) is 4.98 Å². The molecule has 5 rings (SSSR count). The first-order valence-corrected chi connectivity index (χ1v) is 13.5. The summed E-state index contributed by atoms with van der Waals surface area (Å²) in [5.41, 5.74) is 1.75. The number of rotatable bonds is 7. The molecule has 0 spiro atoms. The first-order chi connectivity index (χ1) is 15.6. The molecule has 2 fully saturated rings. The highest BCUT2D eigenvalue weighted by atomic mass is 32.1. The molecule has 176 valence electrons. The Balaban J connectivity index is 1.33. The number of hydrogen-bond donors (Lipinski definition) is 1. The van der Waals surface area contributed by atoms with Gasteiger partial charge >= 0.3 is 0 Å². The van der Waals surface area contributed by atoms with Crippen molar-refractivity contribution in [2.24, 2.45) is 0 Å². The fourth-order valence-electron chi connectivity index (χ4n) is 6.32. The van der Waals surface area contributed by atoms with Crippen LogP contribution in [0.1, 0.15) is 81.6 Å². The van der Waals surface area contributed by atoms with Crippen LogP contribution in [0, 0.1) is 0 Å². The first-order valence-electron chi connectivity index (χ1n) is 12.7. The second-order valence-corrected chi connectivity index (χ2v) is 11.0. The van der Waals surface area contributed by atoms with Crippen molar-refractivity contribution >= 4 is 21.6 Å². The highest BCUT2D eigenvalue weighted by Crippen LogP contribution is 2.49. The van der Waals surface area contributed by atoms with Gasteiger partial charge in [0.15, 0.2) is 0 Å². The minimum absolute atomic E-state index is 0.220. The third kappa shape index (κ3) is 4.20.